The fraction of sp³-hybridized carbons (Fsp3) is 0.926. The summed E-state index contributed by atoms with van der Waals surface area (Å²) in [5, 5.41) is 10.3. The van der Waals surface area contributed by atoms with Crippen molar-refractivity contribution in [1.29, 1.82) is 0 Å². The molecule has 1 spiro atoms. The maximum absolute atomic E-state index is 10.3. The smallest absolute Gasteiger partial charge is 0.0577 e. The zero-order chi connectivity index (χ0) is 20.0. The lowest BCUT2D eigenvalue weighted by atomic mass is 9.45. The van der Waals surface area contributed by atoms with Crippen molar-refractivity contribution in [2.24, 2.45) is 46.3 Å². The van der Waals surface area contributed by atoms with Gasteiger partial charge in [-0.15, -0.1) is 0 Å². The van der Waals surface area contributed by atoms with E-state index in [1.165, 1.54) is 64.5 Å². The van der Waals surface area contributed by atoms with Gasteiger partial charge in [0.1, 0.15) is 0 Å². The van der Waals surface area contributed by atoms with Crippen molar-refractivity contribution < 1.29 is 5.11 Å². The average molecular weight is 398 g/mol. The third-order valence-electron chi connectivity index (χ3n) is 11.6. The third-order valence-corrected chi connectivity index (χ3v) is 11.6. The van der Waals surface area contributed by atoms with Gasteiger partial charge in [0.05, 0.1) is 6.10 Å². The molecule has 162 valence electrons. The van der Waals surface area contributed by atoms with Gasteiger partial charge in [-0.3, -0.25) is 4.90 Å². The number of hydrogen-bond donors (Lipinski definition) is 1. The third kappa shape index (κ3) is 2.60. The number of fused-ring (bicyclic) bond motifs is 5. The Morgan fingerprint density at radius 1 is 0.966 bits per heavy atom. The van der Waals surface area contributed by atoms with Gasteiger partial charge in [-0.25, -0.2) is 0 Å². The van der Waals surface area contributed by atoms with Gasteiger partial charge in [-0.1, -0.05) is 32.4 Å². The summed E-state index contributed by atoms with van der Waals surface area (Å²) < 4.78 is 0. The summed E-state index contributed by atoms with van der Waals surface area (Å²) in [5.74, 6) is 5.58. The van der Waals surface area contributed by atoms with Crippen LogP contribution in [0.2, 0.25) is 0 Å². The molecule has 2 heterocycles. The number of hydrogen-bond acceptors (Lipinski definition) is 2. The Morgan fingerprint density at radius 2 is 1.79 bits per heavy atom. The molecule has 0 radical (unpaired) electrons. The van der Waals surface area contributed by atoms with E-state index >= 15 is 0 Å². The van der Waals surface area contributed by atoms with Crippen LogP contribution in [0.1, 0.15) is 85.0 Å². The van der Waals surface area contributed by atoms with Gasteiger partial charge in [0.2, 0.25) is 0 Å². The maximum atomic E-state index is 10.3. The monoisotopic (exact) mass is 397 g/mol. The molecule has 2 heteroatoms. The Kier molecular flexibility index (Phi) is 4.39. The van der Waals surface area contributed by atoms with Crippen molar-refractivity contribution in [2.45, 2.75) is 97.1 Å². The molecule has 2 nitrogen and oxygen atoms in total. The molecule has 6 aliphatic rings. The number of rotatable bonds is 0. The topological polar surface area (TPSA) is 23.5 Å². The minimum atomic E-state index is -0.0751. The number of nitrogens with zero attached hydrogens (tertiary/aromatic N) is 1. The van der Waals surface area contributed by atoms with Crippen molar-refractivity contribution in [3.63, 3.8) is 0 Å². The first-order valence-corrected chi connectivity index (χ1v) is 13.0. The zero-order valence-corrected chi connectivity index (χ0v) is 19.1. The Balaban J connectivity index is 1.32. The molecular formula is C27H43NO. The Labute approximate surface area is 178 Å². The minimum absolute atomic E-state index is 0.0751. The Bertz CT molecular complexity index is 701. The molecule has 0 unspecified atom stereocenters. The first-order valence-electron chi connectivity index (χ1n) is 13.0. The second-order valence-corrected chi connectivity index (χ2v) is 12.7. The maximum Gasteiger partial charge on any atom is 0.0577 e. The molecule has 0 aromatic rings. The number of aliphatic hydroxyl groups is 1. The van der Waals surface area contributed by atoms with Crippen molar-refractivity contribution >= 4 is 0 Å². The largest absolute Gasteiger partial charge is 0.393 e. The summed E-state index contributed by atoms with van der Waals surface area (Å²) in [6.07, 6.45) is 16.0. The van der Waals surface area contributed by atoms with Crippen LogP contribution in [0.15, 0.2) is 11.6 Å². The molecule has 10 atom stereocenters. The molecule has 5 fully saturated rings. The second-order valence-electron chi connectivity index (χ2n) is 12.7. The first-order chi connectivity index (χ1) is 13.9. The summed E-state index contributed by atoms with van der Waals surface area (Å²) in [6, 6.07) is 0.883. The number of allylic oxidation sites excluding steroid dienone is 1. The van der Waals surface area contributed by atoms with Crippen LogP contribution in [-0.4, -0.2) is 35.2 Å². The SMILES string of the molecule is C[C@@H]1CC[C@@H]2[C@H](C)[C@H]3CC[C@H]4[C@H]5CC=C6C[C@@H](O)CC[C@]6(C)[C@@H]5CC[C@]34CN2C1. The van der Waals surface area contributed by atoms with Crippen LogP contribution in [0.5, 0.6) is 0 Å². The van der Waals surface area contributed by atoms with Crippen LogP contribution in [0.3, 0.4) is 0 Å². The number of piperidine rings is 2. The van der Waals surface area contributed by atoms with Crippen molar-refractivity contribution in [1.82, 2.24) is 4.90 Å². The molecule has 0 amide bonds. The lowest BCUT2D eigenvalue weighted by Gasteiger charge is -2.63. The lowest BCUT2D eigenvalue weighted by Crippen LogP contribution is -2.63. The van der Waals surface area contributed by atoms with Crippen molar-refractivity contribution in [2.75, 3.05) is 13.1 Å². The zero-order valence-electron chi connectivity index (χ0n) is 19.1. The molecule has 0 aromatic carbocycles. The Morgan fingerprint density at radius 3 is 2.66 bits per heavy atom. The van der Waals surface area contributed by atoms with Gasteiger partial charge in [0.25, 0.3) is 0 Å². The van der Waals surface area contributed by atoms with E-state index in [9.17, 15) is 5.11 Å². The highest BCUT2D eigenvalue weighted by atomic mass is 16.3. The van der Waals surface area contributed by atoms with Crippen LogP contribution in [0.4, 0.5) is 0 Å². The van der Waals surface area contributed by atoms with E-state index < -0.39 is 0 Å². The van der Waals surface area contributed by atoms with Crippen molar-refractivity contribution in [3.05, 3.63) is 11.6 Å². The van der Waals surface area contributed by atoms with Crippen LogP contribution in [0, 0.1) is 46.3 Å². The van der Waals surface area contributed by atoms with E-state index in [0.29, 0.717) is 10.8 Å². The van der Waals surface area contributed by atoms with Gasteiger partial charge in [0.15, 0.2) is 0 Å². The quantitative estimate of drug-likeness (QED) is 0.533. The van der Waals surface area contributed by atoms with Gasteiger partial charge >= 0.3 is 0 Å². The van der Waals surface area contributed by atoms with E-state index in [4.69, 9.17) is 0 Å². The molecular weight excluding hydrogens is 354 g/mol. The standard InChI is InChI=1S/C27H43NO/c1-17-4-9-25-18(2)22-7-8-24-21-6-5-19-14-20(29)10-12-26(19,3)23(21)11-13-27(22,24)16-28(25)15-17/h5,17-18,20-25,29H,4,6-16H2,1-3H3/t17-,18-,20+,21+,22-,23-,24+,25-,26+,27+/m1/s1. The van der Waals surface area contributed by atoms with E-state index in [1.54, 1.807) is 5.57 Å². The van der Waals surface area contributed by atoms with Crippen LogP contribution in [-0.2, 0) is 0 Å². The molecule has 29 heavy (non-hydrogen) atoms. The van der Waals surface area contributed by atoms with Crippen LogP contribution >= 0.6 is 0 Å². The Hall–Kier alpha value is -0.340. The van der Waals surface area contributed by atoms with Crippen molar-refractivity contribution in [3.8, 4) is 0 Å². The van der Waals surface area contributed by atoms with Crippen LogP contribution in [0.25, 0.3) is 0 Å². The molecule has 4 aliphatic carbocycles. The highest BCUT2D eigenvalue weighted by Crippen LogP contribution is 2.69. The predicted molar refractivity (Wildman–Crippen MR) is 118 cm³/mol. The van der Waals surface area contributed by atoms with Gasteiger partial charge in [-0.2, -0.15) is 0 Å². The lowest BCUT2D eigenvalue weighted by molar-refractivity contribution is -0.130. The molecule has 0 aromatic heterocycles. The van der Waals surface area contributed by atoms with E-state index in [1.807, 2.05) is 0 Å². The van der Waals surface area contributed by atoms with Crippen LogP contribution < -0.4 is 0 Å². The minimum Gasteiger partial charge on any atom is -0.393 e. The molecule has 1 N–H and O–H groups in total. The molecule has 6 rings (SSSR count). The first kappa shape index (κ1) is 19.4. The summed E-state index contributed by atoms with van der Waals surface area (Å²) in [4.78, 5) is 2.98. The predicted octanol–water partition coefficient (Wildman–Crippen LogP) is 5.66. The fourth-order valence-corrected chi connectivity index (χ4v) is 10.3. The molecule has 0 bridgehead atoms. The highest BCUT2D eigenvalue weighted by molar-refractivity contribution is 5.26. The van der Waals surface area contributed by atoms with Gasteiger partial charge < -0.3 is 5.11 Å². The summed E-state index contributed by atoms with van der Waals surface area (Å²) in [7, 11) is 0. The summed E-state index contributed by atoms with van der Waals surface area (Å²) in [6.45, 7) is 10.5. The van der Waals surface area contributed by atoms with E-state index in [2.05, 4.69) is 31.7 Å². The molecule has 3 saturated carbocycles. The highest BCUT2D eigenvalue weighted by Gasteiger charge is 2.64. The summed E-state index contributed by atoms with van der Waals surface area (Å²) in [5.41, 5.74) is 2.65. The molecule has 2 aliphatic heterocycles. The van der Waals surface area contributed by atoms with Gasteiger partial charge in [0, 0.05) is 19.1 Å². The average Bonchev–Trinajstić information content (AvgIpc) is 3.08. The normalized spacial score (nSPS) is 57.0. The second kappa shape index (κ2) is 6.58. The number of aliphatic hydroxyl groups excluding tert-OH is 1. The van der Waals surface area contributed by atoms with E-state index in [-0.39, 0.29) is 6.10 Å². The fourth-order valence-electron chi connectivity index (χ4n) is 10.3. The summed E-state index contributed by atoms with van der Waals surface area (Å²) >= 11 is 0. The molecule has 2 saturated heterocycles. The van der Waals surface area contributed by atoms with Gasteiger partial charge in [-0.05, 0) is 111 Å². The van der Waals surface area contributed by atoms with E-state index in [0.717, 1.165) is 54.4 Å².